The van der Waals surface area contributed by atoms with Crippen LogP contribution >= 0.6 is 11.3 Å². The van der Waals surface area contributed by atoms with Crippen molar-refractivity contribution >= 4 is 40.3 Å². The number of hydrogen-bond donors (Lipinski definition) is 2. The summed E-state index contributed by atoms with van der Waals surface area (Å²) >= 11 is 1.21. The Hall–Kier alpha value is -2.49. The number of anilines is 1. The Morgan fingerprint density at radius 2 is 1.78 bits per heavy atom. The minimum Gasteiger partial charge on any atom is -0.466 e. The van der Waals surface area contributed by atoms with E-state index in [1.807, 2.05) is 0 Å². The molecule has 2 N–H and O–H groups in total. The summed E-state index contributed by atoms with van der Waals surface area (Å²) in [6.45, 7) is 2.04. The molecule has 0 radical (unpaired) electrons. The van der Waals surface area contributed by atoms with Gasteiger partial charge in [-0.25, -0.2) is 14.7 Å². The van der Waals surface area contributed by atoms with Crippen molar-refractivity contribution in [3.63, 3.8) is 0 Å². The quantitative estimate of drug-likeness (QED) is 0.350. The average Bonchev–Trinajstić information content (AvgIpc) is 3.41. The molecule has 1 aromatic rings. The van der Waals surface area contributed by atoms with E-state index < -0.39 is 24.0 Å². The number of ether oxygens (including phenoxy) is 1. The van der Waals surface area contributed by atoms with Crippen LogP contribution in [0.3, 0.4) is 0 Å². The zero-order valence-electron chi connectivity index (χ0n) is 21.1. The van der Waals surface area contributed by atoms with Crippen molar-refractivity contribution in [2.45, 2.75) is 102 Å². The Morgan fingerprint density at radius 3 is 2.44 bits per heavy atom. The number of esters is 1. The molecule has 0 aromatic carbocycles. The molecule has 1 aromatic heterocycles. The van der Waals surface area contributed by atoms with E-state index in [2.05, 4.69) is 15.6 Å². The third-order valence-electron chi connectivity index (χ3n) is 7.65. The molecular formula is C26H38N4O5S. The molecule has 3 aliphatic rings. The number of aromatic nitrogens is 1. The van der Waals surface area contributed by atoms with Gasteiger partial charge in [0.15, 0.2) is 5.13 Å². The van der Waals surface area contributed by atoms with Gasteiger partial charge in [0.1, 0.15) is 12.1 Å². The smallest absolute Gasteiger partial charge is 0.325 e. The molecule has 9 nitrogen and oxygen atoms in total. The van der Waals surface area contributed by atoms with Gasteiger partial charge in [-0.05, 0) is 31.6 Å². The number of imide groups is 1. The lowest BCUT2D eigenvalue weighted by Gasteiger charge is -2.30. The molecule has 2 saturated carbocycles. The van der Waals surface area contributed by atoms with Gasteiger partial charge in [-0.3, -0.25) is 14.4 Å². The van der Waals surface area contributed by atoms with Crippen molar-refractivity contribution in [1.82, 2.24) is 15.2 Å². The minimum absolute atomic E-state index is 0.0293. The van der Waals surface area contributed by atoms with Gasteiger partial charge < -0.3 is 15.4 Å². The lowest BCUT2D eigenvalue weighted by molar-refractivity contribution is -0.142. The number of amides is 4. The first-order chi connectivity index (χ1) is 17.4. The summed E-state index contributed by atoms with van der Waals surface area (Å²) in [5, 5.41) is 7.73. The highest BCUT2D eigenvalue weighted by Crippen LogP contribution is 2.32. The number of rotatable bonds is 10. The Labute approximate surface area is 216 Å². The van der Waals surface area contributed by atoms with Crippen LogP contribution in [0.2, 0.25) is 0 Å². The molecule has 36 heavy (non-hydrogen) atoms. The maximum Gasteiger partial charge on any atom is 0.325 e. The molecule has 4 amide bonds. The molecule has 0 unspecified atom stereocenters. The summed E-state index contributed by atoms with van der Waals surface area (Å²) in [6, 6.07) is -1.91. The first-order valence-electron chi connectivity index (χ1n) is 13.5. The number of carbonyl (C=O) groups excluding carboxylic acids is 4. The second-order valence-corrected chi connectivity index (χ2v) is 11.2. The number of thiazole rings is 1. The number of urea groups is 1. The zero-order chi connectivity index (χ0) is 25.5. The van der Waals surface area contributed by atoms with E-state index in [0.29, 0.717) is 42.1 Å². The van der Waals surface area contributed by atoms with E-state index in [9.17, 15) is 19.2 Å². The average molecular weight is 519 g/mol. The molecule has 3 fully saturated rings. The molecule has 2 heterocycles. The van der Waals surface area contributed by atoms with Gasteiger partial charge in [-0.2, -0.15) is 0 Å². The zero-order valence-corrected chi connectivity index (χ0v) is 21.9. The van der Waals surface area contributed by atoms with Crippen LogP contribution in [0.25, 0.3) is 0 Å². The predicted octanol–water partition coefficient (Wildman–Crippen LogP) is 4.42. The van der Waals surface area contributed by atoms with Gasteiger partial charge in [0.05, 0.1) is 18.7 Å². The van der Waals surface area contributed by atoms with Crippen LogP contribution in [0.15, 0.2) is 5.38 Å². The van der Waals surface area contributed by atoms with E-state index in [-0.39, 0.29) is 18.3 Å². The van der Waals surface area contributed by atoms with Crippen LogP contribution < -0.4 is 10.6 Å². The van der Waals surface area contributed by atoms with Crippen molar-refractivity contribution in [3.05, 3.63) is 11.1 Å². The van der Waals surface area contributed by atoms with Gasteiger partial charge in [0.25, 0.3) is 5.91 Å². The van der Waals surface area contributed by atoms with Gasteiger partial charge in [-0.15, -0.1) is 11.3 Å². The first-order valence-corrected chi connectivity index (χ1v) is 14.4. The molecule has 10 heteroatoms. The highest BCUT2D eigenvalue weighted by Gasteiger charge is 2.46. The SMILES string of the molecule is CCOC(=O)Cc1csc(NC(=O)[C@H](CC2CCCCC2)N2C(=O)N[C@@H](CC3CCCCC3)C2=O)n1. The van der Waals surface area contributed by atoms with Crippen LogP contribution in [0.1, 0.15) is 89.7 Å². The number of hydrogen-bond acceptors (Lipinski definition) is 7. The van der Waals surface area contributed by atoms with Crippen molar-refractivity contribution in [2.75, 3.05) is 11.9 Å². The molecule has 2 atom stereocenters. The largest absolute Gasteiger partial charge is 0.466 e. The minimum atomic E-state index is -0.880. The third-order valence-corrected chi connectivity index (χ3v) is 8.46. The Balaban J connectivity index is 1.46. The van der Waals surface area contributed by atoms with E-state index in [4.69, 9.17) is 4.74 Å². The molecule has 1 aliphatic heterocycles. The molecular weight excluding hydrogens is 480 g/mol. The molecule has 198 valence electrons. The first kappa shape index (κ1) is 26.6. The maximum atomic E-state index is 13.5. The van der Waals surface area contributed by atoms with Crippen LogP contribution in [0.4, 0.5) is 9.93 Å². The normalized spacial score (nSPS) is 22.4. The van der Waals surface area contributed by atoms with Crippen LogP contribution in [0, 0.1) is 11.8 Å². The van der Waals surface area contributed by atoms with Crippen LogP contribution in [-0.4, -0.2) is 52.4 Å². The van der Waals surface area contributed by atoms with Gasteiger partial charge in [0.2, 0.25) is 5.91 Å². The fourth-order valence-electron chi connectivity index (χ4n) is 5.82. The number of carbonyl (C=O) groups is 4. The van der Waals surface area contributed by atoms with Gasteiger partial charge in [0, 0.05) is 5.38 Å². The number of nitrogens with one attached hydrogen (secondary N) is 2. The fourth-order valence-corrected chi connectivity index (χ4v) is 6.53. The van der Waals surface area contributed by atoms with Gasteiger partial charge >= 0.3 is 12.0 Å². The monoisotopic (exact) mass is 518 g/mol. The molecule has 0 spiro atoms. The van der Waals surface area contributed by atoms with Crippen molar-refractivity contribution in [2.24, 2.45) is 11.8 Å². The highest BCUT2D eigenvalue weighted by atomic mass is 32.1. The summed E-state index contributed by atoms with van der Waals surface area (Å²) in [5.41, 5.74) is 0.514. The predicted molar refractivity (Wildman–Crippen MR) is 136 cm³/mol. The van der Waals surface area contributed by atoms with Gasteiger partial charge in [-0.1, -0.05) is 64.2 Å². The Bertz CT molecular complexity index is 939. The Morgan fingerprint density at radius 1 is 1.11 bits per heavy atom. The van der Waals surface area contributed by atoms with E-state index >= 15 is 0 Å². The maximum absolute atomic E-state index is 13.5. The standard InChI is InChI=1S/C26H38N4O5S/c1-2-35-22(31)15-19-16-36-25(27-19)29-23(32)21(14-18-11-7-4-8-12-18)30-24(33)20(28-26(30)34)13-17-9-5-3-6-10-17/h16-18,20-21H,2-15H2,1H3,(H,28,34)(H,27,29,32)/t20-,21-/m0/s1. The van der Waals surface area contributed by atoms with Crippen molar-refractivity contribution < 1.29 is 23.9 Å². The van der Waals surface area contributed by atoms with Crippen molar-refractivity contribution in [1.29, 1.82) is 0 Å². The summed E-state index contributed by atoms with van der Waals surface area (Å²) < 4.78 is 4.96. The van der Waals surface area contributed by atoms with Crippen LogP contribution in [0.5, 0.6) is 0 Å². The Kier molecular flexibility index (Phi) is 9.34. The van der Waals surface area contributed by atoms with E-state index in [1.54, 1.807) is 12.3 Å². The van der Waals surface area contributed by atoms with E-state index in [0.717, 1.165) is 38.5 Å². The molecule has 2 aliphatic carbocycles. The third kappa shape index (κ3) is 6.83. The second-order valence-electron chi connectivity index (χ2n) is 10.3. The topological polar surface area (TPSA) is 118 Å². The molecule has 1 saturated heterocycles. The summed E-state index contributed by atoms with van der Waals surface area (Å²) in [5.74, 6) is -0.336. The summed E-state index contributed by atoms with van der Waals surface area (Å²) in [7, 11) is 0. The number of nitrogens with zero attached hydrogens (tertiary/aromatic N) is 2. The van der Waals surface area contributed by atoms with Crippen molar-refractivity contribution in [3.8, 4) is 0 Å². The lowest BCUT2D eigenvalue weighted by atomic mass is 9.83. The second kappa shape index (κ2) is 12.7. The summed E-state index contributed by atoms with van der Waals surface area (Å²) in [4.78, 5) is 57.2. The molecule has 0 bridgehead atoms. The lowest BCUT2D eigenvalue weighted by Crippen LogP contribution is -2.49. The van der Waals surface area contributed by atoms with E-state index in [1.165, 1.54) is 41.9 Å². The highest BCUT2D eigenvalue weighted by molar-refractivity contribution is 7.13. The van der Waals surface area contributed by atoms with Crippen LogP contribution in [-0.2, 0) is 25.5 Å². The summed E-state index contributed by atoms with van der Waals surface area (Å²) in [6.07, 6.45) is 12.3. The molecule has 4 rings (SSSR count). The fraction of sp³-hybridized carbons (Fsp3) is 0.731.